The summed E-state index contributed by atoms with van der Waals surface area (Å²) >= 11 is 0. The van der Waals surface area contributed by atoms with Crippen molar-refractivity contribution >= 4 is 5.97 Å². The molecule has 0 aliphatic heterocycles. The van der Waals surface area contributed by atoms with E-state index in [0.717, 1.165) is 12.1 Å². The molecule has 1 aliphatic carbocycles. The predicted octanol–water partition coefficient (Wildman–Crippen LogP) is 2.18. The fourth-order valence-corrected chi connectivity index (χ4v) is 1.75. The van der Waals surface area contributed by atoms with E-state index in [1.165, 1.54) is 12.8 Å². The molecular formula is C14H19NO3. The van der Waals surface area contributed by atoms with Crippen molar-refractivity contribution in [2.45, 2.75) is 44.9 Å². The van der Waals surface area contributed by atoms with Crippen LogP contribution in [0.2, 0.25) is 0 Å². The number of hydrogen-bond donors (Lipinski definition) is 2. The van der Waals surface area contributed by atoms with Gasteiger partial charge in [0.1, 0.15) is 5.75 Å². The molecule has 0 aromatic heterocycles. The highest BCUT2D eigenvalue weighted by atomic mass is 16.5. The van der Waals surface area contributed by atoms with Crippen LogP contribution in [0.25, 0.3) is 0 Å². The zero-order chi connectivity index (χ0) is 13.0. The third-order valence-corrected chi connectivity index (χ3v) is 3.00. The average Bonchev–Trinajstić information content (AvgIpc) is 3.17. The van der Waals surface area contributed by atoms with Crippen LogP contribution in [0.15, 0.2) is 24.3 Å². The van der Waals surface area contributed by atoms with E-state index in [1.54, 1.807) is 13.0 Å². The fourth-order valence-electron chi connectivity index (χ4n) is 1.75. The summed E-state index contributed by atoms with van der Waals surface area (Å²) in [5.74, 6) is -0.293. The first-order valence-electron chi connectivity index (χ1n) is 6.41. The summed E-state index contributed by atoms with van der Waals surface area (Å²) in [4.78, 5) is 10.9. The minimum Gasteiger partial charge on any atom is -0.479 e. The van der Waals surface area contributed by atoms with E-state index in [0.29, 0.717) is 18.2 Å². The van der Waals surface area contributed by atoms with E-state index in [2.05, 4.69) is 5.32 Å². The molecule has 4 nitrogen and oxygen atoms in total. The Kier molecular flexibility index (Phi) is 4.20. The molecule has 0 amide bonds. The second kappa shape index (κ2) is 5.87. The molecule has 1 unspecified atom stereocenters. The van der Waals surface area contributed by atoms with E-state index in [4.69, 9.17) is 9.84 Å². The van der Waals surface area contributed by atoms with Crippen LogP contribution < -0.4 is 10.1 Å². The summed E-state index contributed by atoms with van der Waals surface area (Å²) in [5.41, 5.74) is 1.12. The van der Waals surface area contributed by atoms with Crippen molar-refractivity contribution in [3.8, 4) is 5.75 Å². The van der Waals surface area contributed by atoms with Crippen molar-refractivity contribution in [2.75, 3.05) is 0 Å². The molecule has 0 spiro atoms. The molecule has 2 rings (SSSR count). The maximum absolute atomic E-state index is 10.9. The maximum Gasteiger partial charge on any atom is 0.344 e. The van der Waals surface area contributed by atoms with Gasteiger partial charge in [0.05, 0.1) is 0 Å². The van der Waals surface area contributed by atoms with Crippen molar-refractivity contribution < 1.29 is 14.6 Å². The zero-order valence-electron chi connectivity index (χ0n) is 10.6. The minimum atomic E-state index is -0.918. The van der Waals surface area contributed by atoms with Crippen LogP contribution in [0.3, 0.4) is 0 Å². The molecule has 1 saturated carbocycles. The standard InChI is InChI=1S/C14H19NO3/c1-2-13(14(16)17)18-12-5-3-4-10(8-12)9-15-11-6-7-11/h3-5,8,11,13,15H,2,6-7,9H2,1H3,(H,16,17). The number of hydrogen-bond acceptors (Lipinski definition) is 3. The Hall–Kier alpha value is -1.55. The van der Waals surface area contributed by atoms with Gasteiger partial charge < -0.3 is 15.2 Å². The summed E-state index contributed by atoms with van der Waals surface area (Å²) in [6.45, 7) is 2.61. The monoisotopic (exact) mass is 249 g/mol. The summed E-state index contributed by atoms with van der Waals surface area (Å²) in [6.07, 6.45) is 2.21. The van der Waals surface area contributed by atoms with Gasteiger partial charge in [0.15, 0.2) is 6.10 Å². The number of benzene rings is 1. The van der Waals surface area contributed by atoms with Gasteiger partial charge in [0.25, 0.3) is 0 Å². The second-order valence-electron chi connectivity index (χ2n) is 4.66. The van der Waals surface area contributed by atoms with Gasteiger partial charge >= 0.3 is 5.97 Å². The van der Waals surface area contributed by atoms with E-state index in [1.807, 2.05) is 18.2 Å². The van der Waals surface area contributed by atoms with Crippen LogP contribution in [-0.4, -0.2) is 23.2 Å². The first kappa shape index (κ1) is 12.9. The second-order valence-corrected chi connectivity index (χ2v) is 4.66. The Morgan fingerprint density at radius 3 is 2.94 bits per heavy atom. The predicted molar refractivity (Wildman–Crippen MR) is 68.6 cm³/mol. The van der Waals surface area contributed by atoms with Gasteiger partial charge in [-0.15, -0.1) is 0 Å². The lowest BCUT2D eigenvalue weighted by Gasteiger charge is -2.14. The molecule has 0 radical (unpaired) electrons. The Labute approximate surface area is 107 Å². The van der Waals surface area contributed by atoms with E-state index < -0.39 is 12.1 Å². The quantitative estimate of drug-likeness (QED) is 0.777. The van der Waals surface area contributed by atoms with E-state index in [9.17, 15) is 4.79 Å². The first-order chi connectivity index (χ1) is 8.69. The van der Waals surface area contributed by atoms with Crippen LogP contribution in [0.4, 0.5) is 0 Å². The highest BCUT2D eigenvalue weighted by Gasteiger charge is 2.20. The van der Waals surface area contributed by atoms with E-state index in [-0.39, 0.29) is 0 Å². The van der Waals surface area contributed by atoms with Crippen molar-refractivity contribution in [3.05, 3.63) is 29.8 Å². The first-order valence-corrected chi connectivity index (χ1v) is 6.41. The Bertz CT molecular complexity index is 415. The third kappa shape index (κ3) is 3.74. The van der Waals surface area contributed by atoms with Gasteiger partial charge in [0.2, 0.25) is 0 Å². The molecule has 0 heterocycles. The number of carboxylic acid groups (broad SMARTS) is 1. The van der Waals surface area contributed by atoms with Gasteiger partial charge in [-0.1, -0.05) is 19.1 Å². The number of nitrogens with one attached hydrogen (secondary N) is 1. The van der Waals surface area contributed by atoms with E-state index >= 15 is 0 Å². The van der Waals surface area contributed by atoms with Gasteiger partial charge in [-0.05, 0) is 37.0 Å². The molecule has 4 heteroatoms. The van der Waals surface area contributed by atoms with Crippen molar-refractivity contribution in [3.63, 3.8) is 0 Å². The lowest BCUT2D eigenvalue weighted by Crippen LogP contribution is -2.26. The molecule has 2 N–H and O–H groups in total. The normalized spacial score (nSPS) is 16.3. The number of rotatable bonds is 7. The minimum absolute atomic E-state index is 0.458. The largest absolute Gasteiger partial charge is 0.479 e. The average molecular weight is 249 g/mol. The number of carboxylic acids is 1. The van der Waals surface area contributed by atoms with Gasteiger partial charge in [-0.2, -0.15) is 0 Å². The smallest absolute Gasteiger partial charge is 0.344 e. The summed E-state index contributed by atoms with van der Waals surface area (Å²) in [7, 11) is 0. The van der Waals surface area contributed by atoms with Gasteiger partial charge in [-0.25, -0.2) is 4.79 Å². The van der Waals surface area contributed by atoms with Gasteiger partial charge in [-0.3, -0.25) is 0 Å². The number of aliphatic carboxylic acids is 1. The highest BCUT2D eigenvalue weighted by Crippen LogP contribution is 2.20. The summed E-state index contributed by atoms with van der Waals surface area (Å²) in [6, 6.07) is 8.28. The lowest BCUT2D eigenvalue weighted by molar-refractivity contribution is -0.145. The van der Waals surface area contributed by atoms with Crippen molar-refractivity contribution in [1.29, 1.82) is 0 Å². The molecule has 18 heavy (non-hydrogen) atoms. The summed E-state index contributed by atoms with van der Waals surface area (Å²) in [5, 5.41) is 12.4. The van der Waals surface area contributed by atoms with Crippen molar-refractivity contribution in [2.24, 2.45) is 0 Å². The Balaban J connectivity index is 1.94. The van der Waals surface area contributed by atoms with Crippen LogP contribution in [0, 0.1) is 0 Å². The molecule has 98 valence electrons. The van der Waals surface area contributed by atoms with Crippen LogP contribution in [0.5, 0.6) is 5.75 Å². The molecule has 0 saturated heterocycles. The highest BCUT2D eigenvalue weighted by molar-refractivity contribution is 5.72. The Morgan fingerprint density at radius 2 is 2.33 bits per heavy atom. The van der Waals surface area contributed by atoms with Crippen LogP contribution in [0.1, 0.15) is 31.7 Å². The number of ether oxygens (including phenoxy) is 1. The lowest BCUT2D eigenvalue weighted by atomic mass is 10.2. The topological polar surface area (TPSA) is 58.6 Å². The Morgan fingerprint density at radius 1 is 1.56 bits per heavy atom. The molecule has 1 aliphatic rings. The molecular weight excluding hydrogens is 230 g/mol. The molecule has 0 bridgehead atoms. The maximum atomic E-state index is 10.9. The third-order valence-electron chi connectivity index (χ3n) is 3.00. The molecule has 1 aromatic carbocycles. The zero-order valence-corrected chi connectivity index (χ0v) is 10.6. The van der Waals surface area contributed by atoms with Gasteiger partial charge in [0, 0.05) is 12.6 Å². The fraction of sp³-hybridized carbons (Fsp3) is 0.500. The van der Waals surface area contributed by atoms with Crippen LogP contribution >= 0.6 is 0 Å². The SMILES string of the molecule is CCC(Oc1cccc(CNC2CC2)c1)C(=O)O. The molecule has 1 atom stereocenters. The summed E-state index contributed by atoms with van der Waals surface area (Å²) < 4.78 is 5.46. The molecule has 1 fully saturated rings. The molecule has 1 aromatic rings. The number of carbonyl (C=O) groups is 1. The van der Waals surface area contributed by atoms with Crippen LogP contribution in [-0.2, 0) is 11.3 Å². The van der Waals surface area contributed by atoms with Crippen molar-refractivity contribution in [1.82, 2.24) is 5.32 Å².